The lowest BCUT2D eigenvalue weighted by Gasteiger charge is -2.10. The van der Waals surface area contributed by atoms with Gasteiger partial charge in [-0.1, -0.05) is 20.8 Å². The Morgan fingerprint density at radius 2 is 2.17 bits per heavy atom. The van der Waals surface area contributed by atoms with E-state index in [1.54, 1.807) is 0 Å². The zero-order chi connectivity index (χ0) is 13.0. The van der Waals surface area contributed by atoms with Crippen LogP contribution < -0.4 is 5.32 Å². The second-order valence-corrected chi connectivity index (χ2v) is 4.66. The summed E-state index contributed by atoms with van der Waals surface area (Å²) in [5.74, 6) is 2.10. The molecule has 0 atom stereocenters. The van der Waals surface area contributed by atoms with E-state index in [9.17, 15) is 0 Å². The summed E-state index contributed by atoms with van der Waals surface area (Å²) in [6.45, 7) is 7.29. The lowest BCUT2D eigenvalue weighted by Crippen LogP contribution is -2.07. The molecule has 0 fully saturated rings. The van der Waals surface area contributed by atoms with E-state index in [1.165, 1.54) is 0 Å². The normalized spacial score (nSPS) is 10.9. The largest absolute Gasteiger partial charge is 0.370 e. The second kappa shape index (κ2) is 5.67. The number of rotatable bonds is 5. The molecule has 0 bridgehead atoms. The molecule has 4 heteroatoms. The minimum Gasteiger partial charge on any atom is -0.370 e. The Morgan fingerprint density at radius 1 is 1.33 bits per heavy atom. The van der Waals surface area contributed by atoms with Crippen molar-refractivity contribution < 1.29 is 0 Å². The van der Waals surface area contributed by atoms with Crippen LogP contribution in [0.25, 0.3) is 11.4 Å². The number of H-pyrrole nitrogens is 1. The molecule has 0 radical (unpaired) electrons. The molecule has 0 saturated carbocycles. The maximum Gasteiger partial charge on any atom is 0.134 e. The summed E-state index contributed by atoms with van der Waals surface area (Å²) in [4.78, 5) is 12.3. The number of nitrogens with one attached hydrogen (secondary N) is 2. The third-order valence-corrected chi connectivity index (χ3v) is 2.69. The maximum atomic E-state index is 4.60. The van der Waals surface area contributed by atoms with Crippen LogP contribution in [0.3, 0.4) is 0 Å². The van der Waals surface area contributed by atoms with Gasteiger partial charge in [0.25, 0.3) is 0 Å². The fraction of sp³-hybridized carbons (Fsp3) is 0.429. The molecule has 2 heterocycles. The van der Waals surface area contributed by atoms with Crippen molar-refractivity contribution in [3.05, 3.63) is 30.2 Å². The van der Waals surface area contributed by atoms with Gasteiger partial charge in [0, 0.05) is 24.7 Å². The SMILES string of the molecule is CCCNc1cc(-c2ccc[nH]2)nc(C(C)C)n1. The summed E-state index contributed by atoms with van der Waals surface area (Å²) in [5.41, 5.74) is 1.97. The minimum absolute atomic E-state index is 0.321. The van der Waals surface area contributed by atoms with Crippen molar-refractivity contribution in [3.63, 3.8) is 0 Å². The first kappa shape index (κ1) is 12.6. The molecule has 0 aromatic carbocycles. The molecule has 2 rings (SSSR count). The molecule has 0 aliphatic rings. The fourth-order valence-electron chi connectivity index (χ4n) is 1.70. The van der Waals surface area contributed by atoms with Crippen LogP contribution in [0.1, 0.15) is 38.9 Å². The third-order valence-electron chi connectivity index (χ3n) is 2.69. The highest BCUT2D eigenvalue weighted by atomic mass is 15.0. The van der Waals surface area contributed by atoms with Gasteiger partial charge in [0.05, 0.1) is 11.4 Å². The van der Waals surface area contributed by atoms with E-state index in [2.05, 4.69) is 41.0 Å². The van der Waals surface area contributed by atoms with Gasteiger partial charge < -0.3 is 10.3 Å². The Morgan fingerprint density at radius 3 is 2.78 bits per heavy atom. The van der Waals surface area contributed by atoms with Gasteiger partial charge in [0.15, 0.2) is 0 Å². The Labute approximate surface area is 108 Å². The Bertz CT molecular complexity index is 489. The topological polar surface area (TPSA) is 53.6 Å². The first-order valence-electron chi connectivity index (χ1n) is 6.47. The van der Waals surface area contributed by atoms with Crippen molar-refractivity contribution in [2.75, 3.05) is 11.9 Å². The van der Waals surface area contributed by atoms with Crippen LogP contribution in [0.5, 0.6) is 0 Å². The van der Waals surface area contributed by atoms with Crippen LogP contribution in [-0.2, 0) is 0 Å². The molecule has 0 amide bonds. The Kier molecular flexibility index (Phi) is 3.97. The van der Waals surface area contributed by atoms with Crippen molar-refractivity contribution in [1.29, 1.82) is 0 Å². The second-order valence-electron chi connectivity index (χ2n) is 4.66. The van der Waals surface area contributed by atoms with Gasteiger partial charge in [-0.05, 0) is 18.6 Å². The zero-order valence-corrected chi connectivity index (χ0v) is 11.2. The first-order chi connectivity index (χ1) is 8.70. The van der Waals surface area contributed by atoms with E-state index in [0.29, 0.717) is 5.92 Å². The van der Waals surface area contributed by atoms with E-state index in [-0.39, 0.29) is 0 Å². The van der Waals surface area contributed by atoms with Crippen LogP contribution in [0.15, 0.2) is 24.4 Å². The number of aromatic nitrogens is 3. The predicted octanol–water partition coefficient (Wildman–Crippen LogP) is 3.42. The number of hydrogen-bond donors (Lipinski definition) is 2. The molecular formula is C14H20N4. The maximum absolute atomic E-state index is 4.60. The van der Waals surface area contributed by atoms with E-state index in [0.717, 1.165) is 36.0 Å². The van der Waals surface area contributed by atoms with Crippen molar-refractivity contribution in [2.45, 2.75) is 33.1 Å². The predicted molar refractivity (Wildman–Crippen MR) is 74.7 cm³/mol. The van der Waals surface area contributed by atoms with Crippen molar-refractivity contribution in [2.24, 2.45) is 0 Å². The van der Waals surface area contributed by atoms with Gasteiger partial charge in [0.1, 0.15) is 11.6 Å². The molecule has 0 aliphatic heterocycles. The Hall–Kier alpha value is -1.84. The lowest BCUT2D eigenvalue weighted by molar-refractivity contribution is 0.775. The Balaban J connectivity index is 2.36. The van der Waals surface area contributed by atoms with Gasteiger partial charge >= 0.3 is 0 Å². The van der Waals surface area contributed by atoms with Crippen LogP contribution in [0.4, 0.5) is 5.82 Å². The first-order valence-corrected chi connectivity index (χ1v) is 6.47. The quantitative estimate of drug-likeness (QED) is 0.847. The highest BCUT2D eigenvalue weighted by Gasteiger charge is 2.09. The standard InChI is InChI=1S/C14H20N4/c1-4-7-16-13-9-12(11-6-5-8-15-11)17-14(18-13)10(2)3/h5-6,8-10,15H,4,7H2,1-3H3,(H,16,17,18). The number of nitrogens with zero attached hydrogens (tertiary/aromatic N) is 2. The summed E-state index contributed by atoms with van der Waals surface area (Å²) in [7, 11) is 0. The average Bonchev–Trinajstić information content (AvgIpc) is 2.89. The van der Waals surface area contributed by atoms with Crippen molar-refractivity contribution in [3.8, 4) is 11.4 Å². The molecule has 0 unspecified atom stereocenters. The van der Waals surface area contributed by atoms with Gasteiger partial charge in [-0.25, -0.2) is 9.97 Å². The molecular weight excluding hydrogens is 224 g/mol. The van der Waals surface area contributed by atoms with Gasteiger partial charge in [-0.2, -0.15) is 0 Å². The molecule has 0 aliphatic carbocycles. The molecule has 2 aromatic rings. The lowest BCUT2D eigenvalue weighted by atomic mass is 10.2. The van der Waals surface area contributed by atoms with Crippen LogP contribution in [0.2, 0.25) is 0 Å². The summed E-state index contributed by atoms with van der Waals surface area (Å²) in [6, 6.07) is 6.00. The summed E-state index contributed by atoms with van der Waals surface area (Å²) < 4.78 is 0. The third kappa shape index (κ3) is 2.88. The van der Waals surface area contributed by atoms with E-state index in [4.69, 9.17) is 0 Å². The highest BCUT2D eigenvalue weighted by molar-refractivity contribution is 5.58. The van der Waals surface area contributed by atoms with Crippen molar-refractivity contribution in [1.82, 2.24) is 15.0 Å². The number of anilines is 1. The molecule has 2 aromatic heterocycles. The molecule has 0 saturated heterocycles. The van der Waals surface area contributed by atoms with Gasteiger partial charge in [-0.3, -0.25) is 0 Å². The van der Waals surface area contributed by atoms with Crippen LogP contribution >= 0.6 is 0 Å². The average molecular weight is 244 g/mol. The summed E-state index contributed by atoms with van der Waals surface area (Å²) in [6.07, 6.45) is 2.99. The van der Waals surface area contributed by atoms with Crippen LogP contribution in [-0.4, -0.2) is 21.5 Å². The van der Waals surface area contributed by atoms with Crippen LogP contribution in [0, 0.1) is 0 Å². The fourth-order valence-corrected chi connectivity index (χ4v) is 1.70. The van der Waals surface area contributed by atoms with E-state index >= 15 is 0 Å². The minimum atomic E-state index is 0.321. The number of hydrogen-bond acceptors (Lipinski definition) is 3. The highest BCUT2D eigenvalue weighted by Crippen LogP contribution is 2.21. The molecule has 18 heavy (non-hydrogen) atoms. The molecule has 2 N–H and O–H groups in total. The number of aromatic amines is 1. The zero-order valence-electron chi connectivity index (χ0n) is 11.2. The van der Waals surface area contributed by atoms with E-state index in [1.807, 2.05) is 24.4 Å². The van der Waals surface area contributed by atoms with Crippen molar-refractivity contribution >= 4 is 5.82 Å². The monoisotopic (exact) mass is 244 g/mol. The van der Waals surface area contributed by atoms with Gasteiger partial charge in [0.2, 0.25) is 0 Å². The smallest absolute Gasteiger partial charge is 0.134 e. The summed E-state index contributed by atoms with van der Waals surface area (Å²) in [5, 5.41) is 3.33. The molecule has 0 spiro atoms. The molecule has 96 valence electrons. The molecule has 4 nitrogen and oxygen atoms in total. The van der Waals surface area contributed by atoms with E-state index < -0.39 is 0 Å². The summed E-state index contributed by atoms with van der Waals surface area (Å²) >= 11 is 0. The van der Waals surface area contributed by atoms with Gasteiger partial charge in [-0.15, -0.1) is 0 Å².